The number of nitrogens with two attached hydrogens (primary N) is 1. The average molecular weight is 301 g/mol. The van der Waals surface area contributed by atoms with Gasteiger partial charge >= 0.3 is 6.36 Å². The zero-order valence-electron chi connectivity index (χ0n) is 7.88. The first-order chi connectivity index (χ1) is 7.39. The number of ether oxygens (including phenoxy) is 1. The molecular weight excluding hydrogens is 293 g/mol. The molecule has 0 aliphatic heterocycles. The molecule has 0 radical (unpaired) electrons. The lowest BCUT2D eigenvalue weighted by molar-refractivity contribution is -0.275. The summed E-state index contributed by atoms with van der Waals surface area (Å²) in [4.78, 5) is 3.67. The number of pyridine rings is 1. The van der Waals surface area contributed by atoms with Crippen molar-refractivity contribution < 1.29 is 23.0 Å². The third-order valence-electron chi connectivity index (χ3n) is 1.70. The Bertz CT molecular complexity index is 384. The Morgan fingerprint density at radius 2 is 2.12 bits per heavy atom. The molecule has 0 aliphatic rings. The molecule has 0 saturated carbocycles. The summed E-state index contributed by atoms with van der Waals surface area (Å²) in [5.41, 5.74) is 5.39. The number of aliphatic hydroxyl groups is 1. The number of hydrogen-bond acceptors (Lipinski definition) is 4. The minimum absolute atomic E-state index is 0.00257. The Hall–Kier alpha value is -0.860. The van der Waals surface area contributed by atoms with Gasteiger partial charge in [-0.1, -0.05) is 0 Å². The van der Waals surface area contributed by atoms with Crippen LogP contribution < -0.4 is 10.5 Å². The minimum atomic E-state index is -4.83. The molecule has 0 aliphatic carbocycles. The van der Waals surface area contributed by atoms with Crippen molar-refractivity contribution in [2.24, 2.45) is 5.73 Å². The average Bonchev–Trinajstić information content (AvgIpc) is 2.19. The van der Waals surface area contributed by atoms with Crippen LogP contribution in [0.25, 0.3) is 0 Å². The fraction of sp³-hybridized carbons (Fsp3) is 0.375. The fourth-order valence-corrected chi connectivity index (χ4v) is 1.56. The second kappa shape index (κ2) is 4.98. The van der Waals surface area contributed by atoms with Crippen LogP contribution in [0.3, 0.4) is 0 Å². The Morgan fingerprint density at radius 3 is 2.56 bits per heavy atom. The first-order valence-electron chi connectivity index (χ1n) is 4.12. The molecule has 4 nitrogen and oxygen atoms in total. The zero-order valence-corrected chi connectivity index (χ0v) is 9.47. The third-order valence-corrected chi connectivity index (χ3v) is 2.57. The van der Waals surface area contributed by atoms with E-state index in [-0.39, 0.29) is 22.3 Å². The largest absolute Gasteiger partial charge is 0.573 e. The zero-order chi connectivity index (χ0) is 12.3. The molecule has 8 heteroatoms. The van der Waals surface area contributed by atoms with E-state index in [9.17, 15) is 13.2 Å². The summed E-state index contributed by atoms with van der Waals surface area (Å²) in [7, 11) is 0. The molecule has 0 spiro atoms. The number of hydrogen-bond donors (Lipinski definition) is 2. The normalized spacial score (nSPS) is 11.6. The number of alkyl halides is 3. The van der Waals surface area contributed by atoms with Gasteiger partial charge in [0.25, 0.3) is 0 Å². The topological polar surface area (TPSA) is 68.4 Å². The highest BCUT2D eigenvalue weighted by Gasteiger charge is 2.33. The van der Waals surface area contributed by atoms with Crippen molar-refractivity contribution in [2.75, 3.05) is 0 Å². The monoisotopic (exact) mass is 300 g/mol. The van der Waals surface area contributed by atoms with E-state index in [0.717, 1.165) is 0 Å². The van der Waals surface area contributed by atoms with Gasteiger partial charge in [0, 0.05) is 18.3 Å². The number of rotatable bonds is 3. The summed E-state index contributed by atoms with van der Waals surface area (Å²) in [5.74, 6) is -0.512. The van der Waals surface area contributed by atoms with Crippen molar-refractivity contribution in [2.45, 2.75) is 19.5 Å². The van der Waals surface area contributed by atoms with E-state index in [1.54, 1.807) is 0 Å². The van der Waals surface area contributed by atoms with Crippen LogP contribution in [0.4, 0.5) is 13.2 Å². The van der Waals surface area contributed by atoms with Gasteiger partial charge < -0.3 is 15.6 Å². The van der Waals surface area contributed by atoms with Crippen molar-refractivity contribution in [3.63, 3.8) is 0 Å². The van der Waals surface area contributed by atoms with Crippen LogP contribution in [0.15, 0.2) is 10.7 Å². The van der Waals surface area contributed by atoms with E-state index < -0.39 is 18.7 Å². The molecule has 3 N–H and O–H groups in total. The van der Waals surface area contributed by atoms with Crippen LogP contribution >= 0.6 is 15.9 Å². The Labute approximate surface area is 97.4 Å². The molecule has 1 rings (SSSR count). The lowest BCUT2D eigenvalue weighted by atomic mass is 10.2. The molecule has 0 aromatic carbocycles. The first kappa shape index (κ1) is 13.2. The van der Waals surface area contributed by atoms with E-state index in [1.165, 1.54) is 6.20 Å². The van der Waals surface area contributed by atoms with Gasteiger partial charge in [-0.15, -0.1) is 13.2 Å². The summed E-state index contributed by atoms with van der Waals surface area (Å²) < 4.78 is 40.1. The van der Waals surface area contributed by atoms with Crippen molar-refractivity contribution >= 4 is 15.9 Å². The van der Waals surface area contributed by atoms with Gasteiger partial charge in [-0.3, -0.25) is 4.98 Å². The minimum Gasteiger partial charge on any atom is -0.403 e. The van der Waals surface area contributed by atoms with Crippen LogP contribution in [0.5, 0.6) is 5.75 Å². The second-order valence-electron chi connectivity index (χ2n) is 2.78. The van der Waals surface area contributed by atoms with Crippen LogP contribution in [0.1, 0.15) is 11.3 Å². The van der Waals surface area contributed by atoms with Crippen molar-refractivity contribution in [3.8, 4) is 5.75 Å². The van der Waals surface area contributed by atoms with Crippen molar-refractivity contribution in [3.05, 3.63) is 21.9 Å². The summed E-state index contributed by atoms with van der Waals surface area (Å²) in [5, 5.41) is 8.87. The van der Waals surface area contributed by atoms with E-state index >= 15 is 0 Å². The molecule has 0 amide bonds. The number of nitrogens with zero attached hydrogens (tertiary/aromatic N) is 1. The van der Waals surface area contributed by atoms with E-state index in [2.05, 4.69) is 25.7 Å². The molecule has 0 bridgehead atoms. The molecule has 16 heavy (non-hydrogen) atoms. The van der Waals surface area contributed by atoms with Crippen LogP contribution in [0.2, 0.25) is 0 Å². The highest BCUT2D eigenvalue weighted by Crippen LogP contribution is 2.34. The summed E-state index contributed by atoms with van der Waals surface area (Å²) in [6.45, 7) is -0.650. The van der Waals surface area contributed by atoms with E-state index in [0.29, 0.717) is 0 Å². The highest BCUT2D eigenvalue weighted by atomic mass is 79.9. The lowest BCUT2D eigenvalue weighted by Crippen LogP contribution is -2.20. The fourth-order valence-electron chi connectivity index (χ4n) is 1.02. The highest BCUT2D eigenvalue weighted by molar-refractivity contribution is 9.10. The first-order valence-corrected chi connectivity index (χ1v) is 4.91. The van der Waals surface area contributed by atoms with Crippen LogP contribution in [0, 0.1) is 0 Å². The molecule has 0 atom stereocenters. The Balaban J connectivity index is 3.21. The number of aliphatic hydroxyl groups excluding tert-OH is 1. The molecule has 1 aromatic rings. The van der Waals surface area contributed by atoms with Crippen molar-refractivity contribution in [1.82, 2.24) is 4.98 Å². The molecule has 90 valence electrons. The molecular formula is C8H8BrF3N2O2. The SMILES string of the molecule is NCc1ncc(CO)c(Br)c1OC(F)(F)F. The number of aromatic nitrogens is 1. The maximum atomic E-state index is 12.1. The summed E-state index contributed by atoms with van der Waals surface area (Å²) in [6.07, 6.45) is -3.60. The molecule has 0 saturated heterocycles. The predicted molar refractivity (Wildman–Crippen MR) is 52.4 cm³/mol. The van der Waals surface area contributed by atoms with Crippen LogP contribution in [-0.4, -0.2) is 16.5 Å². The van der Waals surface area contributed by atoms with Crippen LogP contribution in [-0.2, 0) is 13.2 Å². The number of halogens is 4. The summed E-state index contributed by atoms with van der Waals surface area (Å²) >= 11 is 2.91. The molecule has 0 unspecified atom stereocenters. The van der Waals surface area contributed by atoms with E-state index in [1.807, 2.05) is 0 Å². The quantitative estimate of drug-likeness (QED) is 0.891. The Kier molecular flexibility index (Phi) is 4.11. The third kappa shape index (κ3) is 3.06. The van der Waals surface area contributed by atoms with Gasteiger partial charge in [0.2, 0.25) is 0 Å². The standard InChI is InChI=1S/C8H8BrF3N2O2/c9-6-4(3-15)2-14-5(1-13)7(6)16-8(10,11)12/h2,15H,1,3,13H2. The van der Waals surface area contributed by atoms with Gasteiger partial charge in [0.15, 0.2) is 5.75 Å². The maximum absolute atomic E-state index is 12.1. The maximum Gasteiger partial charge on any atom is 0.573 e. The van der Waals surface area contributed by atoms with Gasteiger partial charge in [-0.25, -0.2) is 0 Å². The molecule has 1 heterocycles. The van der Waals surface area contributed by atoms with Gasteiger partial charge in [-0.2, -0.15) is 0 Å². The Morgan fingerprint density at radius 1 is 1.50 bits per heavy atom. The van der Waals surface area contributed by atoms with Gasteiger partial charge in [0.05, 0.1) is 16.8 Å². The van der Waals surface area contributed by atoms with E-state index in [4.69, 9.17) is 10.8 Å². The van der Waals surface area contributed by atoms with Gasteiger partial charge in [-0.05, 0) is 15.9 Å². The van der Waals surface area contributed by atoms with Gasteiger partial charge in [0.1, 0.15) is 0 Å². The predicted octanol–water partition coefficient (Wildman–Crippen LogP) is 1.69. The summed E-state index contributed by atoms with van der Waals surface area (Å²) in [6, 6.07) is 0. The second-order valence-corrected chi connectivity index (χ2v) is 3.58. The molecule has 0 fully saturated rings. The molecule has 1 aromatic heterocycles. The van der Waals surface area contributed by atoms with Crippen molar-refractivity contribution in [1.29, 1.82) is 0 Å². The lowest BCUT2D eigenvalue weighted by Gasteiger charge is -2.15. The smallest absolute Gasteiger partial charge is 0.403 e.